The van der Waals surface area contributed by atoms with Gasteiger partial charge in [-0.05, 0) is 28.1 Å². The summed E-state index contributed by atoms with van der Waals surface area (Å²) in [6.45, 7) is 3.90. The van der Waals surface area contributed by atoms with Crippen LogP contribution in [0.5, 0.6) is 0 Å². The summed E-state index contributed by atoms with van der Waals surface area (Å²) in [6, 6.07) is 0.00725. The van der Waals surface area contributed by atoms with E-state index in [1.165, 1.54) is 0 Å². The minimum atomic E-state index is -0.519. The molecule has 18 heavy (non-hydrogen) atoms. The Hall–Kier alpha value is -0.240. The highest BCUT2D eigenvalue weighted by Crippen LogP contribution is 1.93. The van der Waals surface area contributed by atoms with Crippen LogP contribution in [0.25, 0.3) is 0 Å². The number of nitrogens with one attached hydrogen (secondary N) is 1. The third-order valence-corrected chi connectivity index (χ3v) is 2.58. The Labute approximate surface area is 110 Å². The van der Waals surface area contributed by atoms with Gasteiger partial charge < -0.3 is 29.9 Å². The standard InChI is InChI=1S/C12H28N2O4/c1-10(13-2)12(16)9-18-6-5-17-8-11(15)7-14(3)4/h10-13,15-16H,5-9H2,1-4H3. The van der Waals surface area contributed by atoms with E-state index in [4.69, 9.17) is 9.47 Å². The fraction of sp³-hybridized carbons (Fsp3) is 1.00. The van der Waals surface area contributed by atoms with Gasteiger partial charge in [-0.15, -0.1) is 0 Å². The molecule has 0 aromatic heterocycles. The van der Waals surface area contributed by atoms with E-state index < -0.39 is 12.2 Å². The zero-order valence-electron chi connectivity index (χ0n) is 11.9. The second-order valence-electron chi connectivity index (χ2n) is 4.71. The Morgan fingerprint density at radius 2 is 1.67 bits per heavy atom. The first-order valence-electron chi connectivity index (χ1n) is 6.31. The van der Waals surface area contributed by atoms with E-state index in [0.717, 1.165) is 0 Å². The summed E-state index contributed by atoms with van der Waals surface area (Å²) in [4.78, 5) is 1.90. The summed E-state index contributed by atoms with van der Waals surface area (Å²) >= 11 is 0. The van der Waals surface area contributed by atoms with Gasteiger partial charge in [-0.3, -0.25) is 0 Å². The van der Waals surface area contributed by atoms with E-state index in [1.54, 1.807) is 7.05 Å². The maximum absolute atomic E-state index is 9.59. The number of hydrogen-bond donors (Lipinski definition) is 3. The van der Waals surface area contributed by atoms with Crippen molar-refractivity contribution in [3.8, 4) is 0 Å². The number of rotatable bonds is 11. The fourth-order valence-electron chi connectivity index (χ4n) is 1.35. The Morgan fingerprint density at radius 1 is 1.11 bits per heavy atom. The average molecular weight is 264 g/mol. The zero-order chi connectivity index (χ0) is 14.0. The minimum Gasteiger partial charge on any atom is -0.389 e. The largest absolute Gasteiger partial charge is 0.389 e. The van der Waals surface area contributed by atoms with Crippen LogP contribution >= 0.6 is 0 Å². The quantitative estimate of drug-likeness (QED) is 0.412. The predicted molar refractivity (Wildman–Crippen MR) is 70.7 cm³/mol. The number of ether oxygens (including phenoxy) is 2. The highest BCUT2D eigenvalue weighted by molar-refractivity contribution is 4.67. The normalized spacial score (nSPS) is 16.8. The van der Waals surface area contributed by atoms with Crippen LogP contribution in [0.2, 0.25) is 0 Å². The molecule has 0 radical (unpaired) electrons. The Kier molecular flexibility index (Phi) is 10.5. The van der Waals surface area contributed by atoms with E-state index in [9.17, 15) is 10.2 Å². The first kappa shape index (κ1) is 17.8. The van der Waals surface area contributed by atoms with Crippen LogP contribution in [0.1, 0.15) is 6.92 Å². The zero-order valence-corrected chi connectivity index (χ0v) is 11.9. The van der Waals surface area contributed by atoms with Crippen molar-refractivity contribution in [2.45, 2.75) is 25.2 Å². The van der Waals surface area contributed by atoms with Crippen LogP contribution in [0.3, 0.4) is 0 Å². The third kappa shape index (κ3) is 9.76. The van der Waals surface area contributed by atoms with Gasteiger partial charge in [0.05, 0.1) is 38.6 Å². The smallest absolute Gasteiger partial charge is 0.0923 e. The van der Waals surface area contributed by atoms with Gasteiger partial charge in [0.2, 0.25) is 0 Å². The average Bonchev–Trinajstić information content (AvgIpc) is 2.31. The van der Waals surface area contributed by atoms with Crippen molar-refractivity contribution >= 4 is 0 Å². The molecule has 0 amide bonds. The molecule has 3 unspecified atom stereocenters. The lowest BCUT2D eigenvalue weighted by molar-refractivity contribution is -0.0255. The van der Waals surface area contributed by atoms with Gasteiger partial charge >= 0.3 is 0 Å². The van der Waals surface area contributed by atoms with Gasteiger partial charge in [-0.2, -0.15) is 0 Å². The summed E-state index contributed by atoms with van der Waals surface area (Å²) in [5.41, 5.74) is 0. The van der Waals surface area contributed by atoms with Crippen LogP contribution in [0.4, 0.5) is 0 Å². The third-order valence-electron chi connectivity index (χ3n) is 2.58. The van der Waals surface area contributed by atoms with Crippen molar-refractivity contribution in [3.63, 3.8) is 0 Å². The van der Waals surface area contributed by atoms with Crippen LogP contribution < -0.4 is 5.32 Å². The molecule has 110 valence electrons. The van der Waals surface area contributed by atoms with E-state index >= 15 is 0 Å². The van der Waals surface area contributed by atoms with Gasteiger partial charge in [0.25, 0.3) is 0 Å². The van der Waals surface area contributed by atoms with E-state index in [2.05, 4.69) is 5.32 Å². The first-order valence-corrected chi connectivity index (χ1v) is 6.31. The molecule has 0 saturated heterocycles. The minimum absolute atomic E-state index is 0.00725. The second-order valence-corrected chi connectivity index (χ2v) is 4.71. The highest BCUT2D eigenvalue weighted by Gasteiger charge is 2.11. The molecule has 0 rings (SSSR count). The van der Waals surface area contributed by atoms with E-state index in [-0.39, 0.29) is 12.6 Å². The Bertz CT molecular complexity index is 193. The van der Waals surface area contributed by atoms with Crippen molar-refractivity contribution in [2.75, 3.05) is 54.1 Å². The van der Waals surface area contributed by atoms with Gasteiger partial charge in [0, 0.05) is 12.6 Å². The summed E-state index contributed by atoms with van der Waals surface area (Å²) in [6.07, 6.45) is -0.996. The lowest BCUT2D eigenvalue weighted by Crippen LogP contribution is -2.38. The van der Waals surface area contributed by atoms with Gasteiger partial charge in [0.1, 0.15) is 0 Å². The molecule has 3 atom stereocenters. The monoisotopic (exact) mass is 264 g/mol. The molecule has 0 aliphatic heterocycles. The number of hydrogen-bond acceptors (Lipinski definition) is 6. The summed E-state index contributed by atoms with van der Waals surface area (Å²) in [5, 5.41) is 22.1. The molecule has 0 aromatic carbocycles. The topological polar surface area (TPSA) is 74.2 Å². The Morgan fingerprint density at radius 3 is 2.17 bits per heavy atom. The number of nitrogens with zero attached hydrogens (tertiary/aromatic N) is 1. The molecule has 0 aliphatic rings. The molecule has 3 N–H and O–H groups in total. The lowest BCUT2D eigenvalue weighted by atomic mass is 10.2. The molecule has 0 heterocycles. The number of aliphatic hydroxyl groups is 2. The van der Waals surface area contributed by atoms with Crippen LogP contribution in [-0.2, 0) is 9.47 Å². The summed E-state index contributed by atoms with van der Waals surface area (Å²) in [5.74, 6) is 0. The van der Waals surface area contributed by atoms with Gasteiger partial charge in [-0.25, -0.2) is 0 Å². The Balaban J connectivity index is 3.35. The molecule has 6 heteroatoms. The molecule has 0 aromatic rings. The van der Waals surface area contributed by atoms with Crippen molar-refractivity contribution in [1.82, 2.24) is 10.2 Å². The molecular formula is C12H28N2O4. The van der Waals surface area contributed by atoms with Crippen molar-refractivity contribution < 1.29 is 19.7 Å². The summed E-state index contributed by atoms with van der Waals surface area (Å²) in [7, 11) is 5.59. The maximum atomic E-state index is 9.59. The molecule has 0 fully saturated rings. The molecule has 0 saturated carbocycles. The predicted octanol–water partition coefficient (Wildman–Crippen LogP) is -1.09. The fourth-order valence-corrected chi connectivity index (χ4v) is 1.35. The van der Waals surface area contributed by atoms with E-state index in [1.807, 2.05) is 25.9 Å². The second kappa shape index (κ2) is 10.7. The van der Waals surface area contributed by atoms with Gasteiger partial charge in [0.15, 0.2) is 0 Å². The molecule has 0 spiro atoms. The molecular weight excluding hydrogens is 236 g/mol. The first-order chi connectivity index (χ1) is 8.47. The number of aliphatic hydroxyl groups excluding tert-OH is 2. The van der Waals surface area contributed by atoms with Crippen molar-refractivity contribution in [2.24, 2.45) is 0 Å². The van der Waals surface area contributed by atoms with E-state index in [0.29, 0.717) is 26.4 Å². The summed E-state index contributed by atoms with van der Waals surface area (Å²) < 4.78 is 10.5. The highest BCUT2D eigenvalue weighted by atomic mass is 16.5. The number of likely N-dealkylation sites (N-methyl/N-ethyl adjacent to an activating group) is 2. The van der Waals surface area contributed by atoms with Crippen LogP contribution in [0.15, 0.2) is 0 Å². The maximum Gasteiger partial charge on any atom is 0.0923 e. The van der Waals surface area contributed by atoms with Crippen molar-refractivity contribution in [3.05, 3.63) is 0 Å². The lowest BCUT2D eigenvalue weighted by Gasteiger charge is -2.18. The van der Waals surface area contributed by atoms with Crippen LogP contribution in [-0.4, -0.2) is 87.5 Å². The molecule has 6 nitrogen and oxygen atoms in total. The van der Waals surface area contributed by atoms with Gasteiger partial charge in [-0.1, -0.05) is 0 Å². The van der Waals surface area contributed by atoms with Crippen molar-refractivity contribution in [1.29, 1.82) is 0 Å². The SMILES string of the molecule is CNC(C)C(O)COCCOCC(O)CN(C)C. The molecule has 0 aliphatic carbocycles. The van der Waals surface area contributed by atoms with Crippen LogP contribution in [0, 0.1) is 0 Å². The molecule has 0 bridgehead atoms.